The molecule has 3 nitrogen and oxygen atoms in total. The van der Waals surface area contributed by atoms with Crippen molar-refractivity contribution in [2.45, 2.75) is 38.6 Å². The molecule has 1 aliphatic carbocycles. The Hall–Kier alpha value is -1.20. The van der Waals surface area contributed by atoms with E-state index in [1.54, 1.807) is 6.07 Å². The van der Waals surface area contributed by atoms with Crippen molar-refractivity contribution < 1.29 is 13.6 Å². The summed E-state index contributed by atoms with van der Waals surface area (Å²) in [4.78, 5) is 12.3. The average Bonchev–Trinajstić information content (AvgIpc) is 3.12. The van der Waals surface area contributed by atoms with Crippen LogP contribution in [0.1, 0.15) is 38.2 Å². The highest BCUT2D eigenvalue weighted by Gasteiger charge is 2.51. The molecule has 1 aliphatic heterocycles. The number of piperidine rings is 1. The molecule has 1 aromatic rings. The predicted molar refractivity (Wildman–Crippen MR) is 87.7 cm³/mol. The minimum Gasteiger partial charge on any atom is -0.351 e. The Morgan fingerprint density at radius 2 is 2.00 bits per heavy atom. The summed E-state index contributed by atoms with van der Waals surface area (Å²) in [5.74, 6) is -1.50. The van der Waals surface area contributed by atoms with E-state index in [-0.39, 0.29) is 41.6 Å². The molecule has 1 heterocycles. The highest BCUT2D eigenvalue weighted by molar-refractivity contribution is 5.85. The van der Waals surface area contributed by atoms with Crippen LogP contribution in [0.4, 0.5) is 8.78 Å². The maximum Gasteiger partial charge on any atom is 0.223 e. The van der Waals surface area contributed by atoms with E-state index in [0.717, 1.165) is 31.0 Å². The van der Waals surface area contributed by atoms with E-state index in [2.05, 4.69) is 24.5 Å². The zero-order valence-electron chi connectivity index (χ0n) is 13.4. The molecule has 2 aliphatic rings. The summed E-state index contributed by atoms with van der Waals surface area (Å²) in [6.45, 7) is 5.64. The molecule has 0 radical (unpaired) electrons. The third kappa shape index (κ3) is 3.83. The summed E-state index contributed by atoms with van der Waals surface area (Å²) in [6, 6.07) is 3.96. The van der Waals surface area contributed by atoms with E-state index in [1.165, 1.54) is 6.07 Å². The predicted octanol–water partition coefficient (Wildman–Crippen LogP) is 2.99. The molecular formula is C17H23ClF2N2O. The first-order chi connectivity index (χ1) is 10.4. The first kappa shape index (κ1) is 18.1. The van der Waals surface area contributed by atoms with Gasteiger partial charge in [0.25, 0.3) is 0 Å². The van der Waals surface area contributed by atoms with Crippen LogP contribution in [0, 0.1) is 23.0 Å². The van der Waals surface area contributed by atoms with Gasteiger partial charge in [-0.25, -0.2) is 8.78 Å². The maximum atomic E-state index is 13.5. The van der Waals surface area contributed by atoms with Crippen LogP contribution in [0.3, 0.4) is 0 Å². The van der Waals surface area contributed by atoms with Crippen LogP contribution >= 0.6 is 12.4 Å². The quantitative estimate of drug-likeness (QED) is 0.885. The second-order valence-electron chi connectivity index (χ2n) is 7.13. The molecule has 2 N–H and O–H groups in total. The highest BCUT2D eigenvalue weighted by Crippen LogP contribution is 2.51. The van der Waals surface area contributed by atoms with Gasteiger partial charge in [-0.15, -0.1) is 12.4 Å². The molecule has 128 valence electrons. The van der Waals surface area contributed by atoms with Crippen molar-refractivity contribution in [1.29, 1.82) is 0 Å². The smallest absolute Gasteiger partial charge is 0.223 e. The zero-order chi connectivity index (χ0) is 15.9. The highest BCUT2D eigenvalue weighted by atomic mass is 35.5. The van der Waals surface area contributed by atoms with E-state index >= 15 is 0 Å². The van der Waals surface area contributed by atoms with Gasteiger partial charge < -0.3 is 10.6 Å². The molecule has 0 spiro atoms. The Balaban J connectivity index is 0.00000192. The summed E-state index contributed by atoms with van der Waals surface area (Å²) in [6.07, 6.45) is 1.71. The minimum absolute atomic E-state index is 0. The molecule has 0 bridgehead atoms. The van der Waals surface area contributed by atoms with Gasteiger partial charge in [-0.2, -0.15) is 0 Å². The SMILES string of the molecule is CC1(C)CC1C(=O)NC1CNCCC1c1ccc(F)c(F)c1.Cl. The number of carbonyl (C=O) groups is 1. The van der Waals surface area contributed by atoms with Gasteiger partial charge in [-0.1, -0.05) is 19.9 Å². The molecule has 1 aromatic carbocycles. The lowest BCUT2D eigenvalue weighted by Gasteiger charge is -2.33. The topological polar surface area (TPSA) is 41.1 Å². The summed E-state index contributed by atoms with van der Waals surface area (Å²) < 4.78 is 26.6. The van der Waals surface area contributed by atoms with Gasteiger partial charge in [-0.05, 0) is 42.5 Å². The van der Waals surface area contributed by atoms with Gasteiger partial charge in [0.05, 0.1) is 0 Å². The standard InChI is InChI=1S/C17H22F2N2O.ClH/c1-17(2)8-12(17)16(22)21-15-9-20-6-5-11(15)10-3-4-13(18)14(19)7-10;/h3-4,7,11-12,15,20H,5-6,8-9H2,1-2H3,(H,21,22);1H. The lowest BCUT2D eigenvalue weighted by molar-refractivity contribution is -0.123. The Morgan fingerprint density at radius 3 is 2.61 bits per heavy atom. The molecular weight excluding hydrogens is 322 g/mol. The number of hydrogen-bond donors (Lipinski definition) is 2. The summed E-state index contributed by atoms with van der Waals surface area (Å²) in [7, 11) is 0. The summed E-state index contributed by atoms with van der Waals surface area (Å²) in [5, 5.41) is 6.36. The van der Waals surface area contributed by atoms with Crippen LogP contribution < -0.4 is 10.6 Å². The Kier molecular flexibility index (Phi) is 5.31. The fourth-order valence-electron chi connectivity index (χ4n) is 3.35. The van der Waals surface area contributed by atoms with Gasteiger partial charge in [0.1, 0.15) is 0 Å². The van der Waals surface area contributed by atoms with Crippen molar-refractivity contribution in [2.75, 3.05) is 13.1 Å². The number of halogens is 3. The third-order valence-electron chi connectivity index (χ3n) is 5.01. The minimum atomic E-state index is -0.835. The fourth-order valence-corrected chi connectivity index (χ4v) is 3.35. The van der Waals surface area contributed by atoms with Crippen molar-refractivity contribution in [3.05, 3.63) is 35.4 Å². The normalized spacial score (nSPS) is 28.6. The number of amides is 1. The van der Waals surface area contributed by atoms with Crippen LogP contribution in [-0.2, 0) is 4.79 Å². The number of hydrogen-bond acceptors (Lipinski definition) is 2. The van der Waals surface area contributed by atoms with Gasteiger partial charge in [0.15, 0.2) is 11.6 Å². The van der Waals surface area contributed by atoms with Crippen LogP contribution in [0.15, 0.2) is 18.2 Å². The molecule has 3 rings (SSSR count). The molecule has 1 saturated heterocycles. The summed E-state index contributed by atoms with van der Waals surface area (Å²) >= 11 is 0. The molecule has 6 heteroatoms. The molecule has 0 aromatic heterocycles. The van der Waals surface area contributed by atoms with E-state index < -0.39 is 11.6 Å². The largest absolute Gasteiger partial charge is 0.351 e. The van der Waals surface area contributed by atoms with Gasteiger partial charge in [0.2, 0.25) is 5.91 Å². The first-order valence-electron chi connectivity index (χ1n) is 7.84. The number of benzene rings is 1. The number of nitrogens with one attached hydrogen (secondary N) is 2. The Bertz CT molecular complexity index is 594. The zero-order valence-corrected chi connectivity index (χ0v) is 14.2. The van der Waals surface area contributed by atoms with Crippen LogP contribution in [0.2, 0.25) is 0 Å². The van der Waals surface area contributed by atoms with Crippen molar-refractivity contribution in [2.24, 2.45) is 11.3 Å². The van der Waals surface area contributed by atoms with Gasteiger partial charge in [0, 0.05) is 24.4 Å². The van der Waals surface area contributed by atoms with Crippen molar-refractivity contribution >= 4 is 18.3 Å². The van der Waals surface area contributed by atoms with Gasteiger partial charge >= 0.3 is 0 Å². The van der Waals surface area contributed by atoms with Crippen molar-refractivity contribution in [3.63, 3.8) is 0 Å². The lowest BCUT2D eigenvalue weighted by Crippen LogP contribution is -2.50. The molecule has 3 unspecified atom stereocenters. The lowest BCUT2D eigenvalue weighted by atomic mass is 9.85. The van der Waals surface area contributed by atoms with Gasteiger partial charge in [-0.3, -0.25) is 4.79 Å². The fraction of sp³-hybridized carbons (Fsp3) is 0.588. The van der Waals surface area contributed by atoms with E-state index in [4.69, 9.17) is 0 Å². The molecule has 1 saturated carbocycles. The van der Waals surface area contributed by atoms with E-state index in [9.17, 15) is 13.6 Å². The monoisotopic (exact) mass is 344 g/mol. The maximum absolute atomic E-state index is 13.5. The molecule has 1 amide bonds. The van der Waals surface area contributed by atoms with E-state index in [0.29, 0.717) is 6.54 Å². The first-order valence-corrected chi connectivity index (χ1v) is 7.84. The Labute approximate surface area is 141 Å². The number of rotatable bonds is 3. The molecule has 2 fully saturated rings. The van der Waals surface area contributed by atoms with Crippen molar-refractivity contribution in [1.82, 2.24) is 10.6 Å². The number of carbonyl (C=O) groups excluding carboxylic acids is 1. The average molecular weight is 345 g/mol. The second kappa shape index (κ2) is 6.73. The third-order valence-corrected chi connectivity index (χ3v) is 5.01. The molecule has 3 atom stereocenters. The van der Waals surface area contributed by atoms with Crippen LogP contribution in [0.5, 0.6) is 0 Å². The van der Waals surface area contributed by atoms with Crippen LogP contribution in [0.25, 0.3) is 0 Å². The Morgan fingerprint density at radius 1 is 1.30 bits per heavy atom. The van der Waals surface area contributed by atoms with Crippen molar-refractivity contribution in [3.8, 4) is 0 Å². The van der Waals surface area contributed by atoms with Crippen LogP contribution in [-0.4, -0.2) is 25.0 Å². The second-order valence-corrected chi connectivity index (χ2v) is 7.13. The molecule has 23 heavy (non-hydrogen) atoms. The van der Waals surface area contributed by atoms with E-state index in [1.807, 2.05) is 0 Å². The summed E-state index contributed by atoms with van der Waals surface area (Å²) in [5.41, 5.74) is 0.838.